The Labute approximate surface area is 155 Å². The number of rotatable bonds is 5. The Kier molecular flexibility index (Phi) is 6.10. The van der Waals surface area contributed by atoms with Crippen LogP contribution in [0, 0.1) is 5.92 Å². The number of aliphatic hydroxyl groups is 1. The maximum atomic E-state index is 13.5. The zero-order valence-electron chi connectivity index (χ0n) is 13.7. The fourth-order valence-corrected chi connectivity index (χ4v) is 2.95. The number of hydrogen-bond acceptors (Lipinski definition) is 5. The van der Waals surface area contributed by atoms with Crippen LogP contribution >= 0.6 is 12.2 Å². The van der Waals surface area contributed by atoms with Crippen molar-refractivity contribution < 1.29 is 41.3 Å². The molecule has 1 heterocycles. The number of nitrogens with one attached hydrogen (secondary N) is 2. The predicted molar refractivity (Wildman–Crippen MR) is 85.8 cm³/mol. The van der Waals surface area contributed by atoms with Gasteiger partial charge in [0.25, 0.3) is 5.72 Å². The third-order valence-corrected chi connectivity index (χ3v) is 4.03. The second kappa shape index (κ2) is 7.80. The van der Waals surface area contributed by atoms with Crippen LogP contribution in [0.15, 0.2) is 24.3 Å². The van der Waals surface area contributed by atoms with Gasteiger partial charge >= 0.3 is 18.8 Å². The lowest BCUT2D eigenvalue weighted by atomic mass is 9.82. The Morgan fingerprint density at radius 1 is 1.33 bits per heavy atom. The molecule has 12 heteroatoms. The summed E-state index contributed by atoms with van der Waals surface area (Å²) in [5.41, 5.74) is -3.62. The zero-order valence-corrected chi connectivity index (χ0v) is 14.5. The third-order valence-electron chi connectivity index (χ3n) is 3.81. The summed E-state index contributed by atoms with van der Waals surface area (Å²) in [4.78, 5) is 12.2. The van der Waals surface area contributed by atoms with Crippen molar-refractivity contribution in [2.24, 2.45) is 5.92 Å². The number of benzene rings is 1. The van der Waals surface area contributed by atoms with Gasteiger partial charge in [-0.05, 0) is 36.8 Å². The van der Waals surface area contributed by atoms with E-state index in [9.17, 15) is 31.9 Å². The number of thiocarbonyl (C=S) groups is 1. The normalized spacial score (nSPS) is 25.6. The maximum absolute atomic E-state index is 13.5. The molecule has 2 rings (SSSR count). The zero-order chi connectivity index (χ0) is 20.4. The average Bonchev–Trinajstić information content (AvgIpc) is 2.53. The lowest BCUT2D eigenvalue weighted by Crippen LogP contribution is -2.73. The Balaban J connectivity index is 2.47. The van der Waals surface area contributed by atoms with E-state index in [0.29, 0.717) is 0 Å². The van der Waals surface area contributed by atoms with E-state index in [-0.39, 0.29) is 17.9 Å². The molecular weight excluding hydrogens is 399 g/mol. The molecule has 3 atom stereocenters. The Bertz CT molecular complexity index is 700. The molecule has 3 unspecified atom stereocenters. The van der Waals surface area contributed by atoms with Crippen LogP contribution in [-0.4, -0.2) is 41.3 Å². The summed E-state index contributed by atoms with van der Waals surface area (Å²) >= 11 is 4.73. The SMILES string of the molecule is CCOC(=O)C1C(c2ccc(OC(F)F)cc2)NC(=S)NC1(O)C(F)(F)F. The standard InChI is InChI=1S/C15H15F5N2O4S/c1-2-25-11(23)9-10(7-3-5-8(6-4-7)26-12(16)17)21-13(27)22-14(9,24)15(18,19)20/h3-6,9-10,12,24H,2H2,1H3,(H2,21,22,27). The van der Waals surface area contributed by atoms with E-state index in [2.05, 4.69) is 14.8 Å². The van der Waals surface area contributed by atoms with Crippen LogP contribution < -0.4 is 15.4 Å². The first-order valence-electron chi connectivity index (χ1n) is 7.58. The van der Waals surface area contributed by atoms with Crippen molar-refractivity contribution in [2.45, 2.75) is 31.5 Å². The second-order valence-electron chi connectivity index (χ2n) is 5.52. The minimum Gasteiger partial charge on any atom is -0.466 e. The molecule has 1 aromatic rings. The number of hydrogen-bond donors (Lipinski definition) is 3. The fraction of sp³-hybridized carbons (Fsp3) is 0.467. The van der Waals surface area contributed by atoms with E-state index in [1.807, 2.05) is 0 Å². The van der Waals surface area contributed by atoms with Gasteiger partial charge in [0.2, 0.25) is 0 Å². The number of halogens is 5. The van der Waals surface area contributed by atoms with E-state index < -0.39 is 41.6 Å². The highest BCUT2D eigenvalue weighted by Crippen LogP contribution is 2.43. The van der Waals surface area contributed by atoms with Crippen molar-refractivity contribution in [1.82, 2.24) is 10.6 Å². The molecule has 3 N–H and O–H groups in total. The van der Waals surface area contributed by atoms with Crippen LogP contribution in [0.5, 0.6) is 5.75 Å². The van der Waals surface area contributed by atoms with Crippen molar-refractivity contribution >= 4 is 23.3 Å². The number of carbonyl (C=O) groups is 1. The summed E-state index contributed by atoms with van der Waals surface area (Å²) in [6, 6.07) is 3.08. The van der Waals surface area contributed by atoms with Crippen molar-refractivity contribution in [2.75, 3.05) is 6.61 Å². The van der Waals surface area contributed by atoms with Crippen LogP contribution in [-0.2, 0) is 9.53 Å². The molecule has 0 bridgehead atoms. The van der Waals surface area contributed by atoms with Gasteiger partial charge in [0.15, 0.2) is 5.11 Å². The molecule has 6 nitrogen and oxygen atoms in total. The van der Waals surface area contributed by atoms with Gasteiger partial charge in [0.1, 0.15) is 11.7 Å². The molecule has 0 aliphatic carbocycles. The summed E-state index contributed by atoms with van der Waals surface area (Å²) in [6.07, 6.45) is -5.27. The maximum Gasteiger partial charge on any atom is 0.437 e. The third kappa shape index (κ3) is 4.38. The van der Waals surface area contributed by atoms with Gasteiger partial charge in [0.05, 0.1) is 12.6 Å². The van der Waals surface area contributed by atoms with Gasteiger partial charge < -0.3 is 25.2 Å². The average molecular weight is 414 g/mol. The first kappa shape index (κ1) is 21.1. The van der Waals surface area contributed by atoms with Crippen LogP contribution in [0.1, 0.15) is 18.5 Å². The minimum atomic E-state index is -5.27. The number of carbonyl (C=O) groups excluding carboxylic acids is 1. The molecule has 0 radical (unpaired) electrons. The van der Waals surface area contributed by atoms with Crippen molar-refractivity contribution in [3.05, 3.63) is 29.8 Å². The lowest BCUT2D eigenvalue weighted by Gasteiger charge is -2.45. The van der Waals surface area contributed by atoms with Crippen molar-refractivity contribution in [3.63, 3.8) is 0 Å². The first-order chi connectivity index (χ1) is 12.5. The number of esters is 1. The molecule has 1 aliphatic rings. The summed E-state index contributed by atoms with van der Waals surface area (Å²) in [7, 11) is 0. The predicted octanol–water partition coefficient (Wildman–Crippen LogP) is 2.24. The minimum absolute atomic E-state index is 0.0706. The molecule has 1 saturated heterocycles. The van der Waals surface area contributed by atoms with E-state index in [1.54, 1.807) is 5.32 Å². The molecule has 0 amide bonds. The van der Waals surface area contributed by atoms with Crippen LogP contribution in [0.3, 0.4) is 0 Å². The highest BCUT2D eigenvalue weighted by atomic mass is 32.1. The summed E-state index contributed by atoms with van der Waals surface area (Å²) in [6.45, 7) is -1.91. The quantitative estimate of drug-likeness (QED) is 0.387. The second-order valence-corrected chi connectivity index (χ2v) is 5.93. The van der Waals surface area contributed by atoms with Gasteiger partial charge in [0, 0.05) is 0 Å². The summed E-state index contributed by atoms with van der Waals surface area (Å²) in [5.74, 6) is -3.72. The van der Waals surface area contributed by atoms with E-state index >= 15 is 0 Å². The van der Waals surface area contributed by atoms with Gasteiger partial charge in [-0.3, -0.25) is 4.79 Å². The lowest BCUT2D eigenvalue weighted by molar-refractivity contribution is -0.292. The Morgan fingerprint density at radius 3 is 2.41 bits per heavy atom. The molecular formula is C15H15F5N2O4S. The summed E-state index contributed by atoms with van der Waals surface area (Å²) in [5, 5.41) is 13.9. The van der Waals surface area contributed by atoms with Crippen LogP contribution in [0.4, 0.5) is 22.0 Å². The van der Waals surface area contributed by atoms with Crippen molar-refractivity contribution in [3.8, 4) is 5.75 Å². The number of ether oxygens (including phenoxy) is 2. The largest absolute Gasteiger partial charge is 0.466 e. The highest BCUT2D eigenvalue weighted by Gasteiger charge is 2.66. The van der Waals surface area contributed by atoms with Gasteiger partial charge in [-0.2, -0.15) is 22.0 Å². The van der Waals surface area contributed by atoms with Gasteiger partial charge in [-0.25, -0.2) is 0 Å². The monoisotopic (exact) mass is 414 g/mol. The van der Waals surface area contributed by atoms with Crippen LogP contribution in [0.2, 0.25) is 0 Å². The topological polar surface area (TPSA) is 79.8 Å². The Morgan fingerprint density at radius 2 is 1.93 bits per heavy atom. The van der Waals surface area contributed by atoms with E-state index in [0.717, 1.165) is 12.1 Å². The molecule has 0 saturated carbocycles. The van der Waals surface area contributed by atoms with Crippen molar-refractivity contribution in [1.29, 1.82) is 0 Å². The molecule has 1 fully saturated rings. The van der Waals surface area contributed by atoms with Gasteiger partial charge in [-0.15, -0.1) is 0 Å². The smallest absolute Gasteiger partial charge is 0.437 e. The fourth-order valence-electron chi connectivity index (χ4n) is 2.67. The molecule has 1 aliphatic heterocycles. The number of alkyl halides is 5. The van der Waals surface area contributed by atoms with Crippen LogP contribution in [0.25, 0.3) is 0 Å². The summed E-state index contributed by atoms with van der Waals surface area (Å²) < 4.78 is 73.9. The molecule has 0 spiro atoms. The first-order valence-corrected chi connectivity index (χ1v) is 7.99. The van der Waals surface area contributed by atoms with E-state index in [1.165, 1.54) is 19.1 Å². The van der Waals surface area contributed by atoms with Gasteiger partial charge in [-0.1, -0.05) is 12.1 Å². The Hall–Kier alpha value is -2.21. The molecule has 27 heavy (non-hydrogen) atoms. The molecule has 150 valence electrons. The highest BCUT2D eigenvalue weighted by molar-refractivity contribution is 7.80. The van der Waals surface area contributed by atoms with E-state index in [4.69, 9.17) is 12.2 Å². The molecule has 1 aromatic carbocycles. The molecule has 0 aromatic heterocycles.